The van der Waals surface area contributed by atoms with Crippen molar-refractivity contribution in [3.8, 4) is 0 Å². The largest absolute Gasteiger partial charge is 0.437 e. The maximum Gasteiger partial charge on any atom is 0.233 e. The Morgan fingerprint density at radius 2 is 1.41 bits per heavy atom. The second kappa shape index (κ2) is 8.34. The molecule has 0 bridgehead atoms. The maximum atomic E-state index is 8.58. The fraction of sp³-hybridized carbons (Fsp3) is 0. The molecule has 0 spiro atoms. The van der Waals surface area contributed by atoms with Crippen LogP contribution in [0.25, 0.3) is 38.7 Å². The summed E-state index contributed by atoms with van der Waals surface area (Å²) in [5.41, 5.74) is 5.85. The van der Waals surface area contributed by atoms with Crippen LogP contribution >= 0.6 is 23.2 Å². The lowest BCUT2D eigenvalue weighted by Crippen LogP contribution is -2.16. The summed E-state index contributed by atoms with van der Waals surface area (Å²) in [7, 11) is 0. The molecule has 7 rings (SSSR count). The van der Waals surface area contributed by atoms with E-state index in [1.807, 2.05) is 54.6 Å². The van der Waals surface area contributed by atoms with Gasteiger partial charge in [-0.1, -0.05) is 59.6 Å². The Balaban J connectivity index is 1.46. The quantitative estimate of drug-likeness (QED) is 0.239. The standard InChI is InChI=1S/C29H17Cl2N5O/c30-22-15-24-25(16-23(22)31)36-27(33-24)21-13-17-11-12-20(14-26(17)37-28(21)34-29(36)32)35(18-7-3-1-4-8-18)19-9-5-2-6-10-19/h1-16,32H. The zero-order chi connectivity index (χ0) is 25.1. The molecule has 3 heterocycles. The van der Waals surface area contributed by atoms with Crippen LogP contribution in [0.1, 0.15) is 0 Å². The van der Waals surface area contributed by atoms with Gasteiger partial charge in [0.15, 0.2) is 5.65 Å². The summed E-state index contributed by atoms with van der Waals surface area (Å²) in [6.45, 7) is 0. The molecule has 0 aliphatic rings. The molecule has 37 heavy (non-hydrogen) atoms. The number of hydrogen-bond acceptors (Lipinski definition) is 5. The molecule has 3 aromatic heterocycles. The summed E-state index contributed by atoms with van der Waals surface area (Å²) in [6, 6.07) is 31.8. The molecule has 0 atom stereocenters. The van der Waals surface area contributed by atoms with Gasteiger partial charge in [-0.3, -0.25) is 9.81 Å². The molecule has 1 N–H and O–H groups in total. The summed E-state index contributed by atoms with van der Waals surface area (Å²) in [4.78, 5) is 11.3. The lowest BCUT2D eigenvalue weighted by molar-refractivity contribution is 0.639. The Hall–Kier alpha value is -4.39. The van der Waals surface area contributed by atoms with Crippen molar-refractivity contribution in [3.63, 3.8) is 0 Å². The molecule has 0 fully saturated rings. The summed E-state index contributed by atoms with van der Waals surface area (Å²) < 4.78 is 7.93. The first-order valence-electron chi connectivity index (χ1n) is 11.6. The Bertz CT molecular complexity index is 2000. The minimum absolute atomic E-state index is 0.00200. The minimum Gasteiger partial charge on any atom is -0.437 e. The third-order valence-corrected chi connectivity index (χ3v) is 7.10. The lowest BCUT2D eigenvalue weighted by atomic mass is 10.1. The molecule has 0 amide bonds. The van der Waals surface area contributed by atoms with Gasteiger partial charge in [-0.15, -0.1) is 0 Å². The topological polar surface area (TPSA) is 70.4 Å². The first-order valence-corrected chi connectivity index (χ1v) is 12.3. The molecule has 0 unspecified atom stereocenters. The highest BCUT2D eigenvalue weighted by Crippen LogP contribution is 2.37. The average molecular weight is 522 g/mol. The van der Waals surface area contributed by atoms with E-state index in [1.54, 1.807) is 16.5 Å². The highest BCUT2D eigenvalue weighted by Gasteiger charge is 2.17. The number of benzene rings is 4. The first kappa shape index (κ1) is 21.9. The van der Waals surface area contributed by atoms with Crippen molar-refractivity contribution >= 4 is 79.0 Å². The Kier molecular flexibility index (Phi) is 4.92. The van der Waals surface area contributed by atoms with Crippen molar-refractivity contribution in [3.05, 3.63) is 113 Å². The summed E-state index contributed by atoms with van der Waals surface area (Å²) in [5.74, 6) is 0. The minimum atomic E-state index is -0.00200. The monoisotopic (exact) mass is 521 g/mol. The van der Waals surface area contributed by atoms with Crippen molar-refractivity contribution in [2.45, 2.75) is 0 Å². The van der Waals surface area contributed by atoms with Crippen LogP contribution in [0.5, 0.6) is 0 Å². The van der Waals surface area contributed by atoms with E-state index in [-0.39, 0.29) is 5.62 Å². The van der Waals surface area contributed by atoms with Gasteiger partial charge in [0.05, 0.1) is 26.5 Å². The number of fused-ring (bicyclic) bond motifs is 6. The predicted octanol–water partition coefficient (Wildman–Crippen LogP) is 8.04. The highest BCUT2D eigenvalue weighted by molar-refractivity contribution is 6.42. The van der Waals surface area contributed by atoms with Gasteiger partial charge in [-0.2, -0.15) is 4.98 Å². The van der Waals surface area contributed by atoms with Gasteiger partial charge in [0.1, 0.15) is 5.58 Å². The molecular formula is C29H17Cl2N5O. The average Bonchev–Trinajstić information content (AvgIpc) is 3.28. The number of nitrogens with zero attached hydrogens (tertiary/aromatic N) is 4. The van der Waals surface area contributed by atoms with Crippen LogP contribution in [0.4, 0.5) is 17.1 Å². The van der Waals surface area contributed by atoms with Crippen LogP contribution < -0.4 is 10.5 Å². The van der Waals surface area contributed by atoms with Crippen LogP contribution in [0, 0.1) is 5.41 Å². The van der Waals surface area contributed by atoms with Gasteiger partial charge in [-0.25, -0.2) is 4.98 Å². The van der Waals surface area contributed by atoms with Gasteiger partial charge in [0.25, 0.3) is 0 Å². The van der Waals surface area contributed by atoms with E-state index in [1.165, 1.54) is 0 Å². The van der Waals surface area contributed by atoms with E-state index in [0.717, 1.165) is 22.4 Å². The van der Waals surface area contributed by atoms with Crippen LogP contribution in [0.15, 0.2) is 101 Å². The van der Waals surface area contributed by atoms with E-state index in [0.29, 0.717) is 43.4 Å². The number of aromatic nitrogens is 3. The van der Waals surface area contributed by atoms with Crippen molar-refractivity contribution < 1.29 is 4.42 Å². The summed E-state index contributed by atoms with van der Waals surface area (Å²) in [6.07, 6.45) is 0. The molecule has 178 valence electrons. The van der Waals surface area contributed by atoms with Crippen molar-refractivity contribution in [1.29, 1.82) is 5.41 Å². The van der Waals surface area contributed by atoms with E-state index < -0.39 is 0 Å². The number of nitrogens with one attached hydrogen (secondary N) is 1. The smallest absolute Gasteiger partial charge is 0.233 e. The van der Waals surface area contributed by atoms with Crippen molar-refractivity contribution in [2.24, 2.45) is 0 Å². The molecule has 6 nitrogen and oxygen atoms in total. The number of halogens is 2. The van der Waals surface area contributed by atoms with Crippen LogP contribution in [0.3, 0.4) is 0 Å². The molecule has 0 aliphatic carbocycles. The van der Waals surface area contributed by atoms with E-state index in [4.69, 9.17) is 38.0 Å². The Morgan fingerprint density at radius 1 is 0.730 bits per heavy atom. The fourth-order valence-corrected chi connectivity index (χ4v) is 5.02. The number of anilines is 3. The van der Waals surface area contributed by atoms with Crippen LogP contribution in [-0.2, 0) is 0 Å². The predicted molar refractivity (Wildman–Crippen MR) is 148 cm³/mol. The normalized spacial score (nSPS) is 11.6. The molecule has 7 aromatic rings. The van der Waals surface area contributed by atoms with Gasteiger partial charge in [0.2, 0.25) is 11.3 Å². The third-order valence-electron chi connectivity index (χ3n) is 6.38. The molecule has 0 radical (unpaired) electrons. The second-order valence-corrected chi connectivity index (χ2v) is 9.47. The number of rotatable bonds is 3. The third kappa shape index (κ3) is 3.53. The number of para-hydroxylation sites is 2. The van der Waals surface area contributed by atoms with Crippen molar-refractivity contribution in [2.75, 3.05) is 4.90 Å². The van der Waals surface area contributed by atoms with Crippen LogP contribution in [0.2, 0.25) is 10.0 Å². The molecule has 8 heteroatoms. The molecule has 0 saturated heterocycles. The van der Waals surface area contributed by atoms with Crippen LogP contribution in [-0.4, -0.2) is 14.4 Å². The lowest BCUT2D eigenvalue weighted by Gasteiger charge is -2.25. The molecule has 0 aliphatic heterocycles. The van der Waals surface area contributed by atoms with E-state index >= 15 is 0 Å². The SMILES string of the molecule is N=c1nc2oc3cc(N(c4ccccc4)c4ccccc4)ccc3cc2c2nc3cc(Cl)c(Cl)cc3n12. The summed E-state index contributed by atoms with van der Waals surface area (Å²) in [5, 5.41) is 11.0. The Morgan fingerprint density at radius 3 is 2.11 bits per heavy atom. The summed E-state index contributed by atoms with van der Waals surface area (Å²) >= 11 is 12.5. The van der Waals surface area contributed by atoms with E-state index in [2.05, 4.69) is 40.2 Å². The number of imidazole rings is 1. The van der Waals surface area contributed by atoms with E-state index in [9.17, 15) is 0 Å². The van der Waals surface area contributed by atoms with Crippen molar-refractivity contribution in [1.82, 2.24) is 14.4 Å². The van der Waals surface area contributed by atoms with Gasteiger partial charge >= 0.3 is 0 Å². The fourth-order valence-electron chi connectivity index (χ4n) is 4.70. The first-order chi connectivity index (χ1) is 18.1. The van der Waals surface area contributed by atoms with Gasteiger partial charge in [-0.05, 0) is 54.6 Å². The van der Waals surface area contributed by atoms with Gasteiger partial charge < -0.3 is 9.32 Å². The zero-order valence-corrected chi connectivity index (χ0v) is 20.7. The molecule has 4 aromatic carbocycles. The zero-order valence-electron chi connectivity index (χ0n) is 19.2. The Labute approximate surface area is 220 Å². The highest BCUT2D eigenvalue weighted by atomic mass is 35.5. The molecular weight excluding hydrogens is 505 g/mol. The molecule has 0 saturated carbocycles. The second-order valence-electron chi connectivity index (χ2n) is 8.66. The number of hydrogen-bond donors (Lipinski definition) is 1. The maximum absolute atomic E-state index is 8.58. The van der Waals surface area contributed by atoms with Gasteiger partial charge in [0, 0.05) is 28.5 Å².